The number of anilines is 3. The number of amides is 1. The van der Waals surface area contributed by atoms with E-state index < -0.39 is 23.9 Å². The van der Waals surface area contributed by atoms with Gasteiger partial charge in [0.2, 0.25) is 19.5 Å². The fourth-order valence-corrected chi connectivity index (χ4v) is 6.05. The zero-order valence-corrected chi connectivity index (χ0v) is 30.6. The van der Waals surface area contributed by atoms with E-state index in [0.717, 1.165) is 5.69 Å². The number of hydrogen-bond donors (Lipinski definition) is 3. The van der Waals surface area contributed by atoms with Crippen LogP contribution in [0.3, 0.4) is 0 Å². The minimum atomic E-state index is -1.23. The number of halogens is 2. The summed E-state index contributed by atoms with van der Waals surface area (Å²) in [6.07, 6.45) is 1.19. The smallest absolute Gasteiger partial charge is 0.328 e. The Balaban J connectivity index is 0.999. The average molecular weight is 792 g/mol. The fraction of sp³-hybridized carbons (Fsp3) is 0.250. The second kappa shape index (κ2) is 16.0. The van der Waals surface area contributed by atoms with Gasteiger partial charge in [-0.25, -0.2) is 14.8 Å². The van der Waals surface area contributed by atoms with Crippen molar-refractivity contribution >= 4 is 69.7 Å². The number of nitrogens with one attached hydrogen (secondary N) is 1. The number of aromatic nitrogens is 4. The Morgan fingerprint density at radius 2 is 1.45 bits per heavy atom. The van der Waals surface area contributed by atoms with Gasteiger partial charge in [-0.3, -0.25) is 9.59 Å². The highest BCUT2D eigenvalue weighted by atomic mass is 35.5. The normalized spacial score (nSPS) is 13.0. The third-order valence-electron chi connectivity index (χ3n) is 8.54. The summed E-state index contributed by atoms with van der Waals surface area (Å²) in [4.78, 5) is 58.4. The molecule has 5 N–H and O–H groups in total. The number of hydrogen-bond acceptors (Lipinski definition) is 16. The van der Waals surface area contributed by atoms with E-state index >= 15 is 0 Å². The summed E-state index contributed by atoms with van der Waals surface area (Å²) in [7, 11) is 1.84. The predicted octanol–water partition coefficient (Wildman–Crippen LogP) is 4.35. The minimum absolute atomic E-state index is 0.00440. The average Bonchev–Trinajstić information content (AvgIpc) is 3.83. The first-order valence-corrected chi connectivity index (χ1v) is 17.4. The minimum Gasteiger partial charge on any atom is -0.461 e. The first-order chi connectivity index (χ1) is 26.5. The quantitative estimate of drug-likeness (QED) is 0.141. The number of carbonyl (C=O) groups is 3. The van der Waals surface area contributed by atoms with Crippen molar-refractivity contribution in [2.75, 3.05) is 37.0 Å². The molecule has 17 nitrogen and oxygen atoms in total. The first kappa shape index (κ1) is 37.0. The Morgan fingerprint density at radius 3 is 2.09 bits per heavy atom. The van der Waals surface area contributed by atoms with Crippen LogP contribution < -0.4 is 40.6 Å². The molecule has 3 aromatic carbocycles. The van der Waals surface area contributed by atoms with Crippen LogP contribution >= 0.6 is 23.2 Å². The van der Waals surface area contributed by atoms with Gasteiger partial charge in [0.1, 0.15) is 19.3 Å². The molecule has 284 valence electrons. The Labute approximate surface area is 322 Å². The molecular weight excluding hydrogens is 759 g/mol. The van der Waals surface area contributed by atoms with E-state index in [2.05, 4.69) is 25.3 Å². The van der Waals surface area contributed by atoms with Crippen molar-refractivity contribution < 1.29 is 42.8 Å². The van der Waals surface area contributed by atoms with E-state index in [-0.39, 0.29) is 62.6 Å². The molecule has 55 heavy (non-hydrogen) atoms. The van der Waals surface area contributed by atoms with Crippen molar-refractivity contribution in [3.05, 3.63) is 87.2 Å². The number of esters is 2. The molecule has 0 fully saturated rings. The van der Waals surface area contributed by atoms with Gasteiger partial charge in [-0.1, -0.05) is 23.2 Å². The number of ether oxygens (including phenoxy) is 6. The predicted molar refractivity (Wildman–Crippen MR) is 198 cm³/mol. The van der Waals surface area contributed by atoms with Gasteiger partial charge in [0, 0.05) is 48.0 Å². The van der Waals surface area contributed by atoms with Crippen molar-refractivity contribution in [3.63, 3.8) is 0 Å². The van der Waals surface area contributed by atoms with Gasteiger partial charge < -0.3 is 50.1 Å². The first-order valence-electron chi connectivity index (χ1n) is 16.7. The van der Waals surface area contributed by atoms with E-state index in [1.165, 1.54) is 0 Å². The molecule has 0 unspecified atom stereocenters. The number of nitrogens with two attached hydrogens (primary N) is 2. The summed E-state index contributed by atoms with van der Waals surface area (Å²) in [6.45, 7) is 0.0638. The summed E-state index contributed by atoms with van der Waals surface area (Å²) in [5.74, 6) is 0.0127. The van der Waals surface area contributed by atoms with Crippen molar-refractivity contribution in [2.24, 2.45) is 0 Å². The van der Waals surface area contributed by atoms with Crippen LogP contribution in [0.4, 0.5) is 17.5 Å². The van der Waals surface area contributed by atoms with Crippen molar-refractivity contribution in [1.82, 2.24) is 25.3 Å². The molecule has 0 saturated heterocycles. The number of benzene rings is 3. The Bertz CT molecular complexity index is 2300. The number of fused-ring (bicyclic) bond motifs is 3. The number of nitrogens with zero attached hydrogens (tertiary/aromatic N) is 5. The van der Waals surface area contributed by atoms with Gasteiger partial charge in [-0.05, 0) is 42.8 Å². The zero-order chi connectivity index (χ0) is 38.6. The zero-order valence-electron chi connectivity index (χ0n) is 29.0. The molecule has 2 aromatic heterocycles. The lowest BCUT2D eigenvalue weighted by molar-refractivity contribution is -0.148. The summed E-state index contributed by atoms with van der Waals surface area (Å²) in [5, 5.41) is 3.32. The fourth-order valence-electron chi connectivity index (χ4n) is 5.63. The van der Waals surface area contributed by atoms with Gasteiger partial charge in [-0.15, -0.1) is 0 Å². The lowest BCUT2D eigenvalue weighted by atomic mass is 10.1. The van der Waals surface area contributed by atoms with Crippen LogP contribution in [0.1, 0.15) is 40.0 Å². The molecule has 2 aliphatic heterocycles. The van der Waals surface area contributed by atoms with Gasteiger partial charge in [0.25, 0.3) is 5.91 Å². The van der Waals surface area contributed by atoms with Gasteiger partial charge in [0.05, 0.1) is 28.5 Å². The SMILES string of the molecule is CN(Cc1cnc2nc(N)nc(N)c2n1)c1ccc(C(=O)N[C@@H](CCC(=O)OCc2cc3c(cc2Cl)OCO3)C(=O)OCc2cc3c(cc2Cl)OCO3)cc1. The maximum Gasteiger partial charge on any atom is 0.328 e. The van der Waals surface area contributed by atoms with Crippen LogP contribution in [-0.2, 0) is 38.8 Å². The molecule has 7 rings (SSSR count). The molecule has 1 atom stereocenters. The number of carbonyl (C=O) groups excluding carboxylic acids is 3. The largest absolute Gasteiger partial charge is 0.461 e. The third-order valence-corrected chi connectivity index (χ3v) is 9.24. The van der Waals surface area contributed by atoms with Gasteiger partial charge in [0.15, 0.2) is 40.0 Å². The number of nitrogen functional groups attached to an aromatic ring is 2. The topological polar surface area (TPSA) is 225 Å². The second-order valence-electron chi connectivity index (χ2n) is 12.3. The summed E-state index contributed by atoms with van der Waals surface area (Å²) < 4.78 is 32.4. The Morgan fingerprint density at radius 1 is 0.855 bits per heavy atom. The Kier molecular flexibility index (Phi) is 10.7. The molecule has 0 saturated carbocycles. The lowest BCUT2D eigenvalue weighted by Crippen LogP contribution is -2.42. The monoisotopic (exact) mass is 790 g/mol. The highest BCUT2D eigenvalue weighted by molar-refractivity contribution is 6.32. The molecule has 19 heteroatoms. The molecule has 0 aliphatic carbocycles. The van der Waals surface area contributed by atoms with E-state index in [9.17, 15) is 14.4 Å². The maximum absolute atomic E-state index is 13.5. The Hall–Kier alpha value is -6.33. The lowest BCUT2D eigenvalue weighted by Gasteiger charge is -2.20. The van der Waals surface area contributed by atoms with Crippen LogP contribution in [0.5, 0.6) is 23.0 Å². The molecule has 4 heterocycles. The molecule has 2 aliphatic rings. The maximum atomic E-state index is 13.5. The standard InChI is InChI=1S/C36H32Cl2N8O9/c1-46(13-21-12-41-33-31(42-21)32(39)44-36(40)45-33)22-4-2-18(3-5-22)34(48)43-25(35(49)51-15-20-9-27-29(11-24(20)38)55-17-53-27)6-7-30(47)50-14-19-8-26-28(10-23(19)37)54-16-52-26/h2-5,8-12,25H,6-7,13-17H2,1H3,(H,43,48)(H4,39,40,41,44,45)/t25-/m0/s1. The van der Waals surface area contributed by atoms with Crippen LogP contribution in [0.25, 0.3) is 11.2 Å². The van der Waals surface area contributed by atoms with Crippen LogP contribution in [-0.4, -0.2) is 64.5 Å². The highest BCUT2D eigenvalue weighted by Crippen LogP contribution is 2.38. The second-order valence-corrected chi connectivity index (χ2v) is 13.1. The summed E-state index contributed by atoms with van der Waals surface area (Å²) in [6, 6.07) is 11.8. The highest BCUT2D eigenvalue weighted by Gasteiger charge is 2.26. The van der Waals surface area contributed by atoms with Gasteiger partial charge in [-0.2, -0.15) is 9.97 Å². The van der Waals surface area contributed by atoms with Crippen molar-refractivity contribution in [1.29, 1.82) is 0 Å². The van der Waals surface area contributed by atoms with Crippen LogP contribution in [0, 0.1) is 0 Å². The molecule has 0 spiro atoms. The van der Waals surface area contributed by atoms with Crippen molar-refractivity contribution in [3.8, 4) is 23.0 Å². The number of rotatable bonds is 13. The summed E-state index contributed by atoms with van der Waals surface area (Å²) >= 11 is 12.7. The van der Waals surface area contributed by atoms with Crippen molar-refractivity contribution in [2.45, 2.75) is 38.6 Å². The molecule has 0 bridgehead atoms. The van der Waals surface area contributed by atoms with Crippen LogP contribution in [0.2, 0.25) is 10.0 Å². The van der Waals surface area contributed by atoms with E-state index in [1.54, 1.807) is 54.7 Å². The van der Waals surface area contributed by atoms with Gasteiger partial charge >= 0.3 is 11.9 Å². The third kappa shape index (κ3) is 8.58. The van der Waals surface area contributed by atoms with E-state index in [4.69, 9.17) is 63.1 Å². The molecule has 0 radical (unpaired) electrons. The van der Waals surface area contributed by atoms with E-state index in [0.29, 0.717) is 61.9 Å². The van der Waals surface area contributed by atoms with Crippen LogP contribution in [0.15, 0.2) is 54.7 Å². The molecule has 5 aromatic rings. The van der Waals surface area contributed by atoms with E-state index in [1.807, 2.05) is 11.9 Å². The summed E-state index contributed by atoms with van der Waals surface area (Å²) in [5.41, 5.74) is 14.8. The molecule has 1 amide bonds. The molecular formula is C36H32Cl2N8O9.